The molecule has 0 aliphatic rings. The van der Waals surface area contributed by atoms with E-state index in [0.29, 0.717) is 0 Å². The van der Waals surface area contributed by atoms with Gasteiger partial charge in [-0.1, -0.05) is 18.2 Å². The fourth-order valence-corrected chi connectivity index (χ4v) is 1.47. The van der Waals surface area contributed by atoms with Crippen molar-refractivity contribution in [1.82, 2.24) is 0 Å². The molecule has 0 unspecified atom stereocenters. The Morgan fingerprint density at radius 2 is 2.11 bits per heavy atom. The Balaban J connectivity index is 2.95. The van der Waals surface area contributed by atoms with E-state index in [1.54, 1.807) is 0 Å². The van der Waals surface area contributed by atoms with Gasteiger partial charge in [0.1, 0.15) is 14.0 Å². The molecule has 2 rings (SSSR count). The Morgan fingerprint density at radius 1 is 1.22 bits per heavy atom. The van der Waals surface area contributed by atoms with Gasteiger partial charge in [0.15, 0.2) is 0 Å². The molecule has 1 heterocycles. The first kappa shape index (κ1) is 5.01. The second-order valence-electron chi connectivity index (χ2n) is 1.86. The minimum Gasteiger partial charge on any atom is -0.439 e. The number of hydrogen-bond donors (Lipinski definition) is 0. The number of rotatable bonds is 0. The van der Waals surface area contributed by atoms with Crippen molar-refractivity contribution >= 4 is 19.4 Å². The third kappa shape index (κ3) is 0.739. The molecule has 0 N–H and O–H groups in total. The van der Waals surface area contributed by atoms with E-state index in [1.807, 2.05) is 18.2 Å². The van der Waals surface area contributed by atoms with Crippen LogP contribution in [0, 0.1) is 0 Å². The third-order valence-electron chi connectivity index (χ3n) is 1.26. The van der Waals surface area contributed by atoms with Crippen molar-refractivity contribution in [2.75, 3.05) is 0 Å². The Morgan fingerprint density at radius 3 is 3.00 bits per heavy atom. The summed E-state index contributed by atoms with van der Waals surface area (Å²) in [6.45, 7) is 0. The van der Waals surface area contributed by atoms with Crippen molar-refractivity contribution < 1.29 is 4.20 Å². The van der Waals surface area contributed by atoms with Crippen LogP contribution in [0.4, 0.5) is 0 Å². The van der Waals surface area contributed by atoms with Crippen molar-refractivity contribution in [1.29, 1.82) is 0 Å². The largest absolute Gasteiger partial charge is 0.439 e. The minimum absolute atomic E-state index is 0.950. The highest BCUT2D eigenvalue weighted by atomic mass is 31.1. The topological polar surface area (TPSA) is 13.1 Å². The first-order valence-corrected chi connectivity index (χ1v) is 3.64. The van der Waals surface area contributed by atoms with Gasteiger partial charge in [-0.15, -0.1) is 0 Å². The van der Waals surface area contributed by atoms with Crippen LogP contribution in [-0.4, -0.2) is 0 Å². The molecule has 1 nitrogen and oxygen atoms in total. The van der Waals surface area contributed by atoms with E-state index >= 15 is 0 Å². The highest BCUT2D eigenvalue weighted by molar-refractivity contribution is 7.22. The maximum Gasteiger partial charge on any atom is 0.139 e. The molecule has 0 amide bonds. The second-order valence-corrected chi connectivity index (χ2v) is 2.52. The monoisotopic (exact) mass is 136 g/mol. The van der Waals surface area contributed by atoms with Crippen LogP contribution < -0.4 is 0 Å². The maximum atomic E-state index is 5.22. The quantitative estimate of drug-likeness (QED) is 0.542. The molecule has 2 aromatic rings. The summed E-state index contributed by atoms with van der Waals surface area (Å²) in [6.07, 6.45) is 0. The summed E-state index contributed by atoms with van der Waals surface area (Å²) in [7, 11) is 0.950. The van der Waals surface area contributed by atoms with Gasteiger partial charge in [-0.2, -0.15) is 0 Å². The first-order chi connectivity index (χ1) is 4.47. The van der Waals surface area contributed by atoms with Crippen LogP contribution in [0.1, 0.15) is 0 Å². The number of benzene rings is 1. The molecule has 0 saturated carbocycles. The predicted molar refractivity (Wildman–Crippen MR) is 38.7 cm³/mol. The second kappa shape index (κ2) is 1.85. The Labute approximate surface area is 54.5 Å². The fraction of sp³-hybridized carbons (Fsp3) is 0. The summed E-state index contributed by atoms with van der Waals surface area (Å²) in [5.74, 6) is 2.05. The van der Waals surface area contributed by atoms with Gasteiger partial charge in [0.2, 0.25) is 0 Å². The van der Waals surface area contributed by atoms with Gasteiger partial charge < -0.3 is 4.20 Å². The van der Waals surface area contributed by atoms with Crippen molar-refractivity contribution in [3.63, 3.8) is 0 Å². The van der Waals surface area contributed by atoms with Crippen molar-refractivity contribution in [2.24, 2.45) is 0 Å². The number of hydrogen-bond acceptors (Lipinski definition) is 1. The van der Waals surface area contributed by atoms with Gasteiger partial charge in [0.25, 0.3) is 0 Å². The van der Waals surface area contributed by atoms with Crippen LogP contribution in [0.5, 0.6) is 0 Å². The predicted octanol–water partition coefficient (Wildman–Crippen LogP) is 3.01. The molecule has 9 heavy (non-hydrogen) atoms. The van der Waals surface area contributed by atoms with Crippen LogP contribution in [0.3, 0.4) is 0 Å². The normalized spacial score (nSPS) is 11.1. The van der Waals surface area contributed by atoms with E-state index in [4.69, 9.17) is 4.20 Å². The molecule has 0 spiro atoms. The lowest BCUT2D eigenvalue weighted by Crippen LogP contribution is -1.57. The van der Waals surface area contributed by atoms with Crippen molar-refractivity contribution in [2.45, 2.75) is 0 Å². The summed E-state index contributed by atoms with van der Waals surface area (Å²) >= 11 is 0. The maximum absolute atomic E-state index is 5.22. The molecule has 1 aromatic heterocycles. The Hall–Kier alpha value is -0.810. The molecule has 2 heteroatoms. The van der Waals surface area contributed by atoms with Gasteiger partial charge in [0, 0.05) is 11.2 Å². The minimum atomic E-state index is 0.950. The van der Waals surface area contributed by atoms with Crippen LogP contribution in [0.25, 0.3) is 11.0 Å². The van der Waals surface area contributed by atoms with E-state index in [9.17, 15) is 0 Å². The van der Waals surface area contributed by atoms with E-state index < -0.39 is 0 Å². The third-order valence-corrected chi connectivity index (χ3v) is 1.95. The summed E-state index contributed by atoms with van der Waals surface area (Å²) in [5, 5.41) is 1.21. The van der Waals surface area contributed by atoms with E-state index in [2.05, 4.69) is 11.9 Å². The van der Waals surface area contributed by atoms with Crippen LogP contribution >= 0.6 is 8.43 Å². The molecule has 1 aromatic carbocycles. The van der Waals surface area contributed by atoms with Gasteiger partial charge in [-0.3, -0.25) is 0 Å². The molecule has 0 aliphatic heterocycles. The molecule has 44 valence electrons. The molecular formula is C7H5OP. The summed E-state index contributed by atoms with van der Waals surface area (Å²) < 4.78 is 5.22. The number of para-hydroxylation sites is 1. The van der Waals surface area contributed by atoms with Crippen LogP contribution in [0.2, 0.25) is 0 Å². The lowest BCUT2D eigenvalue weighted by molar-refractivity contribution is 0.755. The zero-order chi connectivity index (χ0) is 6.10. The summed E-state index contributed by atoms with van der Waals surface area (Å²) in [4.78, 5) is 0. The molecule has 0 atom stereocenters. The summed E-state index contributed by atoms with van der Waals surface area (Å²) in [6, 6.07) is 8.02. The first-order valence-electron chi connectivity index (χ1n) is 2.76. The zero-order valence-electron chi connectivity index (χ0n) is 4.74. The van der Waals surface area contributed by atoms with E-state index in [1.165, 1.54) is 5.39 Å². The molecule has 0 saturated heterocycles. The average molecular weight is 136 g/mol. The highest BCUT2D eigenvalue weighted by Crippen LogP contribution is 2.20. The molecule has 0 fully saturated rings. The smallest absolute Gasteiger partial charge is 0.139 e. The number of fused-ring (bicyclic) bond motifs is 1. The lowest BCUT2D eigenvalue weighted by Gasteiger charge is -1.80. The van der Waals surface area contributed by atoms with Gasteiger partial charge in [-0.05, 0) is 6.07 Å². The van der Waals surface area contributed by atoms with Crippen molar-refractivity contribution in [3.05, 3.63) is 30.1 Å². The van der Waals surface area contributed by atoms with Crippen LogP contribution in [0.15, 0.2) is 34.3 Å². The molecular weight excluding hydrogens is 131 g/mol. The zero-order valence-corrected chi connectivity index (χ0v) is 5.64. The highest BCUT2D eigenvalue weighted by Gasteiger charge is 1.90. The molecule has 0 radical (unpaired) electrons. The Bertz CT molecular complexity index is 283. The van der Waals surface area contributed by atoms with Gasteiger partial charge in [-0.25, -0.2) is 0 Å². The van der Waals surface area contributed by atoms with Crippen LogP contribution in [-0.2, 0) is 0 Å². The molecule has 0 bridgehead atoms. The fourth-order valence-electron chi connectivity index (χ4n) is 0.810. The lowest BCUT2D eigenvalue weighted by atomic mass is 10.3. The SMILES string of the molecule is c1ccc2opcc2c1. The van der Waals surface area contributed by atoms with Crippen molar-refractivity contribution in [3.8, 4) is 0 Å². The van der Waals surface area contributed by atoms with Gasteiger partial charge >= 0.3 is 0 Å². The standard InChI is InChI=1S/C7H5OP/c1-2-4-7-6(3-1)5-9-8-7/h1-5H. The van der Waals surface area contributed by atoms with E-state index in [-0.39, 0.29) is 0 Å². The summed E-state index contributed by atoms with van der Waals surface area (Å²) in [5.41, 5.74) is 0.999. The average Bonchev–Trinajstić information content (AvgIpc) is 2.33. The van der Waals surface area contributed by atoms with E-state index in [0.717, 1.165) is 14.0 Å². The molecule has 0 aliphatic carbocycles. The Kier molecular flexibility index (Phi) is 1.03. The van der Waals surface area contributed by atoms with Gasteiger partial charge in [0.05, 0.1) is 0 Å².